The summed E-state index contributed by atoms with van der Waals surface area (Å²) in [5, 5.41) is 21.3. The molecule has 2 radical (unpaired) electrons. The molecular weight excluding hydrogens is 706 g/mol. The Morgan fingerprint density at radius 3 is 1.48 bits per heavy atom. The molecule has 2 aliphatic heterocycles. The van der Waals surface area contributed by atoms with Gasteiger partial charge in [0.05, 0.1) is 0 Å². The van der Waals surface area contributed by atoms with E-state index in [1.54, 1.807) is 90.6 Å². The Labute approximate surface area is 328 Å². The molecule has 4 aromatic rings. The number of carbonyl (C=O) groups excluding carboxylic acids is 5. The fourth-order valence-corrected chi connectivity index (χ4v) is 7.08. The maximum atomic E-state index is 13.6. The van der Waals surface area contributed by atoms with E-state index in [-0.39, 0.29) is 17.7 Å². The summed E-state index contributed by atoms with van der Waals surface area (Å²) in [5.74, 6) is 4.10. The number of nitrogens with zero attached hydrogens (tertiary/aromatic N) is 2. The topological polar surface area (TPSA) is 160 Å². The van der Waals surface area contributed by atoms with Crippen LogP contribution in [0.15, 0.2) is 109 Å². The second-order valence-electron chi connectivity index (χ2n) is 13.8. The van der Waals surface area contributed by atoms with Crippen LogP contribution >= 0.6 is 0 Å². The molecule has 4 aromatic carbocycles. The van der Waals surface area contributed by atoms with Gasteiger partial charge in [0.15, 0.2) is 5.81 Å². The Kier molecular flexibility index (Phi) is 13.0. The van der Waals surface area contributed by atoms with E-state index >= 15 is 0 Å². The molecule has 282 valence electrons. The molecule has 0 saturated carbocycles. The van der Waals surface area contributed by atoms with Gasteiger partial charge in [-0.05, 0) is 92.2 Å². The van der Waals surface area contributed by atoms with Gasteiger partial charge in [0, 0.05) is 35.6 Å². The molecule has 2 saturated heterocycles. The number of hydrogen-bond donors (Lipinski definition) is 5. The zero-order chi connectivity index (χ0) is 39.6. The highest BCUT2D eigenvalue weighted by Gasteiger charge is 2.39. The number of carbonyl (C=O) groups is 5. The second-order valence-corrected chi connectivity index (χ2v) is 13.8. The molecule has 0 unspecified atom stereocenters. The zero-order valence-corrected chi connectivity index (χ0v) is 31.0. The van der Waals surface area contributed by atoms with Gasteiger partial charge in [-0.3, -0.25) is 24.0 Å². The SMILES string of the molecule is [B]C(=O)N[C@@H](C(=O)N1CCC[C@H]1C(=O)Nc1ccc(C#Cc2ccc(NC(=O)[C@@H]3CCCN3C(=O)[C@H](NB(C)O)c3ccccc3)cc2)cc1)c1ccccc1. The first kappa shape index (κ1) is 39.5. The third kappa shape index (κ3) is 9.92. The lowest BCUT2D eigenvalue weighted by atomic mass is 9.85. The molecule has 0 aromatic heterocycles. The minimum absolute atomic E-state index is 0.267. The Balaban J connectivity index is 1.03. The lowest BCUT2D eigenvalue weighted by molar-refractivity contribution is -0.138. The monoisotopic (exact) mass is 748 g/mol. The summed E-state index contributed by atoms with van der Waals surface area (Å²) >= 11 is 0. The van der Waals surface area contributed by atoms with E-state index in [2.05, 4.69) is 33.0 Å². The van der Waals surface area contributed by atoms with Gasteiger partial charge in [0.2, 0.25) is 31.5 Å². The number of anilines is 2. The summed E-state index contributed by atoms with van der Waals surface area (Å²) in [6, 6.07) is 28.9. The number of hydrogen-bond acceptors (Lipinski definition) is 7. The maximum Gasteiger partial charge on any atom is 0.374 e. The average Bonchev–Trinajstić information content (AvgIpc) is 3.91. The van der Waals surface area contributed by atoms with Gasteiger partial charge in [0.25, 0.3) is 0 Å². The first-order chi connectivity index (χ1) is 27.1. The largest absolute Gasteiger partial charge is 0.437 e. The van der Waals surface area contributed by atoms with E-state index in [1.165, 1.54) is 4.90 Å². The van der Waals surface area contributed by atoms with Gasteiger partial charge in [-0.15, -0.1) is 0 Å². The quantitative estimate of drug-likeness (QED) is 0.115. The summed E-state index contributed by atoms with van der Waals surface area (Å²) in [5.41, 5.74) is 3.84. The van der Waals surface area contributed by atoms with Crippen LogP contribution in [0.5, 0.6) is 0 Å². The van der Waals surface area contributed by atoms with Crippen LogP contribution < -0.4 is 21.2 Å². The number of rotatable bonds is 11. The summed E-state index contributed by atoms with van der Waals surface area (Å²) in [7, 11) is 4.45. The van der Waals surface area contributed by atoms with Crippen molar-refractivity contribution in [1.82, 2.24) is 20.3 Å². The average molecular weight is 748 g/mol. The van der Waals surface area contributed by atoms with E-state index in [4.69, 9.17) is 7.85 Å². The third-order valence-electron chi connectivity index (χ3n) is 9.79. The number of amides is 5. The predicted octanol–water partition coefficient (Wildman–Crippen LogP) is 4.01. The molecule has 5 N–H and O–H groups in total. The normalized spacial score (nSPS) is 17.2. The molecule has 2 fully saturated rings. The molecule has 56 heavy (non-hydrogen) atoms. The fourth-order valence-electron chi connectivity index (χ4n) is 7.08. The highest BCUT2D eigenvalue weighted by molar-refractivity contribution is 6.57. The lowest BCUT2D eigenvalue weighted by Gasteiger charge is -2.29. The highest BCUT2D eigenvalue weighted by atomic mass is 16.2. The van der Waals surface area contributed by atoms with Gasteiger partial charge >= 0.3 is 7.05 Å². The molecule has 2 aliphatic rings. The van der Waals surface area contributed by atoms with Crippen molar-refractivity contribution in [3.05, 3.63) is 131 Å². The van der Waals surface area contributed by atoms with Crippen molar-refractivity contribution in [1.29, 1.82) is 0 Å². The molecule has 5 amide bonds. The second kappa shape index (κ2) is 18.4. The van der Waals surface area contributed by atoms with E-state index in [1.807, 2.05) is 30.3 Å². The molecule has 6 rings (SSSR count). The van der Waals surface area contributed by atoms with E-state index < -0.39 is 42.9 Å². The maximum absolute atomic E-state index is 13.6. The molecule has 0 spiro atoms. The first-order valence-corrected chi connectivity index (χ1v) is 18.6. The Bertz CT molecular complexity index is 2090. The van der Waals surface area contributed by atoms with Crippen LogP contribution in [0.25, 0.3) is 0 Å². The molecule has 14 heteroatoms. The number of likely N-dealkylation sites (tertiary alicyclic amines) is 2. The molecular formula is C42H42B2N6O6. The minimum atomic E-state index is -1.01. The van der Waals surface area contributed by atoms with Crippen LogP contribution in [0.2, 0.25) is 6.82 Å². The molecule has 4 atom stereocenters. The first-order valence-electron chi connectivity index (χ1n) is 18.6. The molecule has 0 bridgehead atoms. The van der Waals surface area contributed by atoms with Gasteiger partial charge in [-0.25, -0.2) is 0 Å². The zero-order valence-electron chi connectivity index (χ0n) is 31.0. The van der Waals surface area contributed by atoms with Crippen LogP contribution in [0.3, 0.4) is 0 Å². The van der Waals surface area contributed by atoms with Gasteiger partial charge in [0.1, 0.15) is 24.2 Å². The minimum Gasteiger partial charge on any atom is -0.437 e. The predicted molar refractivity (Wildman–Crippen MR) is 215 cm³/mol. The van der Waals surface area contributed by atoms with E-state index in [0.29, 0.717) is 66.8 Å². The van der Waals surface area contributed by atoms with E-state index in [0.717, 1.165) is 5.56 Å². The van der Waals surface area contributed by atoms with Crippen LogP contribution in [0.4, 0.5) is 16.2 Å². The van der Waals surface area contributed by atoms with Crippen LogP contribution in [0, 0.1) is 11.8 Å². The van der Waals surface area contributed by atoms with Gasteiger partial charge < -0.3 is 36.0 Å². The molecule has 2 heterocycles. The summed E-state index contributed by atoms with van der Waals surface area (Å²) in [4.78, 5) is 68.7. The van der Waals surface area contributed by atoms with Crippen molar-refractivity contribution in [3.8, 4) is 11.8 Å². The van der Waals surface area contributed by atoms with Gasteiger partial charge in [-0.2, -0.15) is 0 Å². The fraction of sp³-hybridized carbons (Fsp3) is 0.262. The number of benzene rings is 4. The summed E-state index contributed by atoms with van der Waals surface area (Å²) < 4.78 is 0. The van der Waals surface area contributed by atoms with Crippen LogP contribution in [-0.4, -0.2) is 84.3 Å². The Morgan fingerprint density at radius 2 is 1.07 bits per heavy atom. The van der Waals surface area contributed by atoms with Crippen molar-refractivity contribution >= 4 is 55.7 Å². The highest BCUT2D eigenvalue weighted by Crippen LogP contribution is 2.27. The smallest absolute Gasteiger partial charge is 0.374 e. The summed E-state index contributed by atoms with van der Waals surface area (Å²) in [6.07, 6.45) is 2.35. The van der Waals surface area contributed by atoms with Crippen LogP contribution in [0.1, 0.15) is 60.0 Å². The van der Waals surface area contributed by atoms with Crippen LogP contribution in [-0.2, 0) is 19.2 Å². The van der Waals surface area contributed by atoms with Crippen molar-refractivity contribution in [2.75, 3.05) is 23.7 Å². The Hall–Kier alpha value is -6.16. The van der Waals surface area contributed by atoms with Gasteiger partial charge in [-0.1, -0.05) is 72.5 Å². The molecule has 0 aliphatic carbocycles. The Morgan fingerprint density at radius 1 is 0.661 bits per heavy atom. The third-order valence-corrected chi connectivity index (χ3v) is 9.79. The summed E-state index contributed by atoms with van der Waals surface area (Å²) in [6.45, 7) is 2.37. The van der Waals surface area contributed by atoms with E-state index in [9.17, 15) is 29.0 Å². The van der Waals surface area contributed by atoms with Crippen molar-refractivity contribution in [3.63, 3.8) is 0 Å². The molecule has 12 nitrogen and oxygen atoms in total. The number of nitrogens with one attached hydrogen (secondary N) is 4. The van der Waals surface area contributed by atoms with Crippen molar-refractivity contribution in [2.45, 2.75) is 56.7 Å². The lowest BCUT2D eigenvalue weighted by Crippen LogP contribution is -2.49. The van der Waals surface area contributed by atoms with Crippen molar-refractivity contribution in [2.24, 2.45) is 0 Å². The standard InChI is InChI=1S/C42H42B2N6O6/c1-44(56)48-37(31-12-6-3-7-13-31)41(54)50-27-9-15-35(50)39(52)46-33-24-20-29(21-25-33)17-16-28-18-22-32(23-19-28)45-38(51)34-14-8-26-49(34)40(53)36(47-42(43)55)30-10-4-2-5-11-30/h2-7,10-13,18-25,34-37,48,56H,8-9,14-15,26-27H2,1H3,(H,45,51)(H,46,52)(H,47,55)/t34-,35-,36+,37+/m0/s1. The van der Waals surface area contributed by atoms with Crippen molar-refractivity contribution < 1.29 is 29.0 Å².